The van der Waals surface area contributed by atoms with Crippen LogP contribution in [0.5, 0.6) is 0 Å². The molecule has 0 radical (unpaired) electrons. The zero-order valence-electron chi connectivity index (χ0n) is 18.8. The molecule has 3 aromatic heterocycles. The second-order valence-electron chi connectivity index (χ2n) is 8.64. The Morgan fingerprint density at radius 1 is 1.42 bits per heavy atom. The SMILES string of the molecule is Cc1cnc(-c2ccn[nH]2)c2nc(N3CCOCC3C)cc(P(C)(=O)OCC(C)C)c12. The molecule has 1 aliphatic heterocycles. The number of nitrogens with zero attached hydrogens (tertiary/aromatic N) is 4. The first-order chi connectivity index (χ1) is 14.8. The number of aryl methyl sites for hydroxylation is 1. The maximum absolute atomic E-state index is 13.9. The minimum Gasteiger partial charge on any atom is -0.377 e. The minimum atomic E-state index is -3.12. The van der Waals surface area contributed by atoms with Crippen LogP contribution >= 0.6 is 7.37 Å². The van der Waals surface area contributed by atoms with Gasteiger partial charge in [0.05, 0.1) is 36.9 Å². The molecule has 0 saturated carbocycles. The Bertz CT molecular complexity index is 1120. The summed E-state index contributed by atoms with van der Waals surface area (Å²) in [6.07, 6.45) is 3.48. The van der Waals surface area contributed by atoms with Crippen LogP contribution in [0.1, 0.15) is 26.3 Å². The standard InChI is InChI=1S/C22H30N5O3P/c1-14(2)12-30-31(5,28)18-10-19(27-8-9-29-13-16(27)4)25-22-20(18)15(3)11-23-21(22)17-6-7-24-26-17/h6-7,10-11,14,16H,8-9,12-13H2,1-5H3,(H,24,26). The summed E-state index contributed by atoms with van der Waals surface area (Å²) < 4.78 is 25.5. The Morgan fingerprint density at radius 2 is 2.23 bits per heavy atom. The molecule has 1 N–H and O–H groups in total. The summed E-state index contributed by atoms with van der Waals surface area (Å²) >= 11 is 0. The summed E-state index contributed by atoms with van der Waals surface area (Å²) in [4.78, 5) is 11.9. The first-order valence-electron chi connectivity index (χ1n) is 10.6. The van der Waals surface area contributed by atoms with Gasteiger partial charge in [-0.15, -0.1) is 0 Å². The number of H-pyrrole nitrogens is 1. The van der Waals surface area contributed by atoms with E-state index in [-0.39, 0.29) is 12.0 Å². The molecule has 0 spiro atoms. The molecule has 1 aliphatic rings. The molecule has 8 nitrogen and oxygen atoms in total. The molecule has 31 heavy (non-hydrogen) atoms. The van der Waals surface area contributed by atoms with Crippen LogP contribution in [0.4, 0.5) is 5.82 Å². The van der Waals surface area contributed by atoms with Crippen LogP contribution in [0.2, 0.25) is 0 Å². The molecule has 4 rings (SSSR count). The number of fused-ring (bicyclic) bond motifs is 1. The zero-order valence-corrected chi connectivity index (χ0v) is 19.6. The van der Waals surface area contributed by atoms with Gasteiger partial charge in [0.25, 0.3) is 0 Å². The van der Waals surface area contributed by atoms with Gasteiger partial charge in [0.1, 0.15) is 17.0 Å². The van der Waals surface area contributed by atoms with Crippen molar-refractivity contribution in [1.29, 1.82) is 0 Å². The van der Waals surface area contributed by atoms with Crippen LogP contribution in [0.25, 0.3) is 22.3 Å². The average molecular weight is 443 g/mol. The van der Waals surface area contributed by atoms with E-state index >= 15 is 0 Å². The van der Waals surface area contributed by atoms with Crippen molar-refractivity contribution in [2.75, 3.05) is 37.9 Å². The lowest BCUT2D eigenvalue weighted by atomic mass is 10.1. The van der Waals surface area contributed by atoms with Crippen molar-refractivity contribution in [3.05, 3.63) is 30.1 Å². The molecule has 0 aromatic carbocycles. The van der Waals surface area contributed by atoms with Crippen molar-refractivity contribution >= 4 is 29.4 Å². The molecule has 4 heterocycles. The Kier molecular flexibility index (Phi) is 6.15. The first kappa shape index (κ1) is 21.9. The van der Waals surface area contributed by atoms with Gasteiger partial charge in [0, 0.05) is 31.0 Å². The molecule has 9 heteroatoms. The van der Waals surface area contributed by atoms with E-state index in [9.17, 15) is 4.57 Å². The van der Waals surface area contributed by atoms with Crippen molar-refractivity contribution < 1.29 is 13.8 Å². The Labute approximate surface area is 182 Å². The van der Waals surface area contributed by atoms with Gasteiger partial charge in [0.15, 0.2) is 0 Å². The second-order valence-corrected chi connectivity index (χ2v) is 11.1. The van der Waals surface area contributed by atoms with Gasteiger partial charge < -0.3 is 14.2 Å². The lowest BCUT2D eigenvalue weighted by Crippen LogP contribution is -2.44. The quantitative estimate of drug-likeness (QED) is 0.580. The van der Waals surface area contributed by atoms with Crippen LogP contribution in [-0.4, -0.2) is 59.2 Å². The van der Waals surface area contributed by atoms with Crippen molar-refractivity contribution in [2.45, 2.75) is 33.7 Å². The third kappa shape index (κ3) is 4.38. The number of morpholine rings is 1. The Hall–Kier alpha value is -2.28. The third-order valence-corrected chi connectivity index (χ3v) is 7.37. The number of anilines is 1. The van der Waals surface area contributed by atoms with E-state index in [2.05, 4.69) is 40.9 Å². The minimum absolute atomic E-state index is 0.160. The fraction of sp³-hybridized carbons (Fsp3) is 0.500. The van der Waals surface area contributed by atoms with E-state index < -0.39 is 7.37 Å². The maximum atomic E-state index is 13.9. The lowest BCUT2D eigenvalue weighted by molar-refractivity contribution is 0.0986. The molecule has 2 unspecified atom stereocenters. The van der Waals surface area contributed by atoms with Crippen LogP contribution in [0.3, 0.4) is 0 Å². The predicted molar refractivity (Wildman–Crippen MR) is 123 cm³/mol. The number of ether oxygens (including phenoxy) is 1. The third-order valence-electron chi connectivity index (χ3n) is 5.50. The van der Waals surface area contributed by atoms with Crippen LogP contribution in [0.15, 0.2) is 24.5 Å². The van der Waals surface area contributed by atoms with Gasteiger partial charge in [-0.3, -0.25) is 14.6 Å². The summed E-state index contributed by atoms with van der Waals surface area (Å²) in [5.41, 5.74) is 3.07. The smallest absolute Gasteiger partial charge is 0.229 e. The number of hydrogen-bond acceptors (Lipinski definition) is 7. The van der Waals surface area contributed by atoms with E-state index in [1.807, 2.05) is 19.1 Å². The van der Waals surface area contributed by atoms with Crippen molar-refractivity contribution in [1.82, 2.24) is 20.2 Å². The van der Waals surface area contributed by atoms with Gasteiger partial charge in [-0.1, -0.05) is 13.8 Å². The van der Waals surface area contributed by atoms with E-state index in [4.69, 9.17) is 14.2 Å². The highest BCUT2D eigenvalue weighted by Gasteiger charge is 2.29. The van der Waals surface area contributed by atoms with E-state index in [0.29, 0.717) is 36.3 Å². The predicted octanol–water partition coefficient (Wildman–Crippen LogP) is 3.76. The van der Waals surface area contributed by atoms with Crippen molar-refractivity contribution in [3.63, 3.8) is 0 Å². The van der Waals surface area contributed by atoms with Crippen LogP contribution in [-0.2, 0) is 13.8 Å². The highest BCUT2D eigenvalue weighted by molar-refractivity contribution is 7.66. The molecule has 166 valence electrons. The summed E-state index contributed by atoms with van der Waals surface area (Å²) in [6.45, 7) is 12.3. The average Bonchev–Trinajstić information content (AvgIpc) is 3.27. The highest BCUT2D eigenvalue weighted by Crippen LogP contribution is 2.46. The number of rotatable bonds is 6. The molecule has 0 aliphatic carbocycles. The molecule has 1 saturated heterocycles. The monoisotopic (exact) mass is 443 g/mol. The van der Waals surface area contributed by atoms with Gasteiger partial charge in [-0.2, -0.15) is 5.10 Å². The van der Waals surface area contributed by atoms with Gasteiger partial charge in [0.2, 0.25) is 7.37 Å². The number of hydrogen-bond donors (Lipinski definition) is 1. The van der Waals surface area contributed by atoms with E-state index in [1.54, 1.807) is 19.1 Å². The van der Waals surface area contributed by atoms with Crippen molar-refractivity contribution in [3.8, 4) is 11.4 Å². The number of aromatic nitrogens is 4. The van der Waals surface area contributed by atoms with E-state index in [0.717, 1.165) is 29.0 Å². The topological polar surface area (TPSA) is 93.2 Å². The lowest BCUT2D eigenvalue weighted by Gasteiger charge is -2.35. The molecule has 0 amide bonds. The summed E-state index contributed by atoms with van der Waals surface area (Å²) in [6, 6.07) is 3.96. The van der Waals surface area contributed by atoms with Crippen LogP contribution < -0.4 is 10.2 Å². The molecular formula is C22H30N5O3P. The first-order valence-corrected chi connectivity index (χ1v) is 12.7. The molecule has 1 fully saturated rings. The van der Waals surface area contributed by atoms with Gasteiger partial charge in [-0.05, 0) is 37.5 Å². The number of aromatic amines is 1. The largest absolute Gasteiger partial charge is 0.377 e. The molecule has 0 bridgehead atoms. The maximum Gasteiger partial charge on any atom is 0.229 e. The Morgan fingerprint density at radius 3 is 2.90 bits per heavy atom. The Balaban J connectivity index is 1.98. The second kappa shape index (κ2) is 8.69. The highest BCUT2D eigenvalue weighted by atomic mass is 31.2. The number of nitrogens with one attached hydrogen (secondary N) is 1. The normalized spacial score (nSPS) is 19.2. The number of pyridine rings is 2. The van der Waals surface area contributed by atoms with Gasteiger partial charge >= 0.3 is 0 Å². The zero-order chi connectivity index (χ0) is 22.2. The summed E-state index contributed by atoms with van der Waals surface area (Å²) in [7, 11) is -3.12. The molecule has 2 atom stereocenters. The molecular weight excluding hydrogens is 413 g/mol. The fourth-order valence-electron chi connectivity index (χ4n) is 3.85. The van der Waals surface area contributed by atoms with Gasteiger partial charge in [-0.25, -0.2) is 4.98 Å². The summed E-state index contributed by atoms with van der Waals surface area (Å²) in [5.74, 6) is 1.05. The summed E-state index contributed by atoms with van der Waals surface area (Å²) in [5, 5.41) is 8.58. The fourth-order valence-corrected chi connectivity index (χ4v) is 5.61. The van der Waals surface area contributed by atoms with Crippen LogP contribution in [0, 0.1) is 12.8 Å². The van der Waals surface area contributed by atoms with Crippen molar-refractivity contribution in [2.24, 2.45) is 5.92 Å². The molecule has 3 aromatic rings. The van der Waals surface area contributed by atoms with E-state index in [1.165, 1.54) is 0 Å².